The summed E-state index contributed by atoms with van der Waals surface area (Å²) in [5.41, 5.74) is 3.59. The maximum absolute atomic E-state index is 12.3. The summed E-state index contributed by atoms with van der Waals surface area (Å²) >= 11 is 2.16. The summed E-state index contributed by atoms with van der Waals surface area (Å²) in [4.78, 5) is 24.5. The highest BCUT2D eigenvalue weighted by Crippen LogP contribution is 2.34. The number of methoxy groups -OCH3 is 2. The molecule has 1 atom stereocenters. The van der Waals surface area contributed by atoms with Gasteiger partial charge in [-0.3, -0.25) is 9.59 Å². The summed E-state index contributed by atoms with van der Waals surface area (Å²) in [6.45, 7) is 5.46. The number of rotatable bonds is 9. The van der Waals surface area contributed by atoms with Gasteiger partial charge in [0.1, 0.15) is 11.8 Å². The molecule has 2 rings (SSSR count). The Labute approximate surface area is 195 Å². The molecule has 1 unspecified atom stereocenters. The van der Waals surface area contributed by atoms with E-state index in [9.17, 15) is 9.59 Å². The van der Waals surface area contributed by atoms with Crippen molar-refractivity contribution in [1.82, 2.24) is 10.7 Å². The maximum atomic E-state index is 12.3. The fraction of sp³-hybridized carbons (Fsp3) is 0.318. The standard InChI is InChI=1S/C22H26IN3O5/c1-13(2)31-20-18(23)10-15(11-19(20)30-5)12-24-26-21(27)14(3)25-22(28)16-6-8-17(29-4)9-7-16/h6-14H,1-5H3,(H,25,28)(H,26,27). The summed E-state index contributed by atoms with van der Waals surface area (Å²) in [5, 5.41) is 6.61. The number of carbonyl (C=O) groups is 2. The Balaban J connectivity index is 1.97. The Morgan fingerprint density at radius 3 is 2.32 bits per heavy atom. The highest BCUT2D eigenvalue weighted by molar-refractivity contribution is 14.1. The van der Waals surface area contributed by atoms with Gasteiger partial charge in [0, 0.05) is 5.56 Å². The van der Waals surface area contributed by atoms with Gasteiger partial charge in [0.2, 0.25) is 0 Å². The second kappa shape index (κ2) is 11.5. The summed E-state index contributed by atoms with van der Waals surface area (Å²) < 4.78 is 17.1. The number of hydrogen-bond donors (Lipinski definition) is 2. The van der Waals surface area contributed by atoms with E-state index in [2.05, 4.69) is 38.4 Å². The zero-order chi connectivity index (χ0) is 23.0. The molecule has 8 nitrogen and oxygen atoms in total. The van der Waals surface area contributed by atoms with Crippen molar-refractivity contribution in [2.75, 3.05) is 14.2 Å². The molecule has 0 heterocycles. The zero-order valence-electron chi connectivity index (χ0n) is 18.1. The van der Waals surface area contributed by atoms with Crippen LogP contribution in [0.25, 0.3) is 0 Å². The van der Waals surface area contributed by atoms with E-state index >= 15 is 0 Å². The Hall–Kier alpha value is -2.82. The smallest absolute Gasteiger partial charge is 0.262 e. The predicted molar refractivity (Wildman–Crippen MR) is 127 cm³/mol. The van der Waals surface area contributed by atoms with Crippen molar-refractivity contribution in [2.24, 2.45) is 5.10 Å². The topological polar surface area (TPSA) is 98.2 Å². The lowest BCUT2D eigenvalue weighted by Gasteiger charge is -2.16. The fourth-order valence-corrected chi connectivity index (χ4v) is 3.27. The van der Waals surface area contributed by atoms with Gasteiger partial charge >= 0.3 is 0 Å². The molecule has 0 aliphatic carbocycles. The SMILES string of the molecule is COc1ccc(C(=O)NC(C)C(=O)NN=Cc2cc(I)c(OC(C)C)c(OC)c2)cc1. The van der Waals surface area contributed by atoms with E-state index in [4.69, 9.17) is 14.2 Å². The van der Waals surface area contributed by atoms with E-state index in [-0.39, 0.29) is 12.0 Å². The van der Waals surface area contributed by atoms with Gasteiger partial charge in [-0.1, -0.05) is 0 Å². The molecule has 0 saturated heterocycles. The van der Waals surface area contributed by atoms with Crippen LogP contribution in [0, 0.1) is 3.57 Å². The fourth-order valence-electron chi connectivity index (χ4n) is 2.52. The number of hydrogen-bond acceptors (Lipinski definition) is 6. The summed E-state index contributed by atoms with van der Waals surface area (Å²) in [5.74, 6) is 1.07. The Morgan fingerprint density at radius 2 is 1.74 bits per heavy atom. The van der Waals surface area contributed by atoms with Gasteiger partial charge in [-0.15, -0.1) is 0 Å². The van der Waals surface area contributed by atoms with Crippen molar-refractivity contribution in [3.63, 3.8) is 0 Å². The first-order valence-corrected chi connectivity index (χ1v) is 10.6. The molecule has 0 aromatic heterocycles. The van der Waals surface area contributed by atoms with E-state index < -0.39 is 11.9 Å². The first-order valence-electron chi connectivity index (χ1n) is 9.57. The highest BCUT2D eigenvalue weighted by Gasteiger charge is 2.16. The van der Waals surface area contributed by atoms with Gasteiger partial charge in [0.25, 0.3) is 11.8 Å². The first kappa shape index (κ1) is 24.4. The average Bonchev–Trinajstić information content (AvgIpc) is 2.74. The normalized spacial score (nSPS) is 11.8. The molecule has 0 bridgehead atoms. The van der Waals surface area contributed by atoms with Crippen molar-refractivity contribution in [3.05, 3.63) is 51.1 Å². The van der Waals surface area contributed by atoms with E-state index in [1.54, 1.807) is 51.5 Å². The minimum Gasteiger partial charge on any atom is -0.497 e. The molecular formula is C22H26IN3O5. The molecular weight excluding hydrogens is 513 g/mol. The molecule has 31 heavy (non-hydrogen) atoms. The Bertz CT molecular complexity index is 945. The van der Waals surface area contributed by atoms with Gasteiger partial charge in [0.05, 0.1) is 30.1 Å². The molecule has 2 N–H and O–H groups in total. The molecule has 0 spiro atoms. The van der Waals surface area contributed by atoms with Crippen LogP contribution >= 0.6 is 22.6 Å². The average molecular weight is 539 g/mol. The third kappa shape index (κ3) is 7.12. The van der Waals surface area contributed by atoms with E-state index in [1.165, 1.54) is 6.21 Å². The number of halogens is 1. The van der Waals surface area contributed by atoms with Crippen LogP contribution in [0.4, 0.5) is 0 Å². The van der Waals surface area contributed by atoms with Gasteiger partial charge in [-0.2, -0.15) is 5.10 Å². The molecule has 9 heteroatoms. The van der Waals surface area contributed by atoms with Crippen molar-refractivity contribution in [3.8, 4) is 17.2 Å². The highest BCUT2D eigenvalue weighted by atomic mass is 127. The molecule has 2 amide bonds. The lowest BCUT2D eigenvalue weighted by atomic mass is 10.2. The molecule has 0 aliphatic heterocycles. The van der Waals surface area contributed by atoms with Crippen LogP contribution in [0.15, 0.2) is 41.5 Å². The minimum atomic E-state index is -0.775. The minimum absolute atomic E-state index is 0.0100. The maximum Gasteiger partial charge on any atom is 0.262 e. The second-order valence-electron chi connectivity index (χ2n) is 6.86. The Morgan fingerprint density at radius 1 is 1.06 bits per heavy atom. The Kier molecular flexibility index (Phi) is 9.10. The molecule has 0 aliphatic rings. The zero-order valence-corrected chi connectivity index (χ0v) is 20.2. The van der Waals surface area contributed by atoms with Crippen LogP contribution in [0.3, 0.4) is 0 Å². The van der Waals surface area contributed by atoms with Crippen molar-refractivity contribution >= 4 is 40.6 Å². The number of nitrogens with one attached hydrogen (secondary N) is 2. The lowest BCUT2D eigenvalue weighted by molar-refractivity contribution is -0.122. The van der Waals surface area contributed by atoms with Crippen LogP contribution in [-0.4, -0.2) is 44.4 Å². The third-order valence-electron chi connectivity index (χ3n) is 4.09. The third-order valence-corrected chi connectivity index (χ3v) is 4.89. The quantitative estimate of drug-likeness (QED) is 0.290. The predicted octanol–water partition coefficient (Wildman–Crippen LogP) is 3.36. The van der Waals surface area contributed by atoms with Crippen molar-refractivity contribution in [2.45, 2.75) is 32.9 Å². The number of amides is 2. The molecule has 0 saturated carbocycles. The van der Waals surface area contributed by atoms with Crippen LogP contribution in [0.5, 0.6) is 17.2 Å². The summed E-state index contributed by atoms with van der Waals surface area (Å²) in [6, 6.07) is 9.46. The second-order valence-corrected chi connectivity index (χ2v) is 8.02. The van der Waals surface area contributed by atoms with Gasteiger partial charge in [-0.25, -0.2) is 5.43 Å². The van der Waals surface area contributed by atoms with Crippen molar-refractivity contribution < 1.29 is 23.8 Å². The van der Waals surface area contributed by atoms with E-state index in [0.717, 1.165) is 9.13 Å². The van der Waals surface area contributed by atoms with Gasteiger partial charge < -0.3 is 19.5 Å². The number of carbonyl (C=O) groups excluding carboxylic acids is 2. The van der Waals surface area contributed by atoms with Gasteiger partial charge in [-0.05, 0) is 85.3 Å². The van der Waals surface area contributed by atoms with Crippen LogP contribution < -0.4 is 25.0 Å². The molecule has 0 fully saturated rings. The molecule has 2 aromatic rings. The summed E-state index contributed by atoms with van der Waals surface area (Å²) in [6.07, 6.45) is 1.51. The van der Waals surface area contributed by atoms with Gasteiger partial charge in [0.15, 0.2) is 11.5 Å². The van der Waals surface area contributed by atoms with Crippen LogP contribution in [0.2, 0.25) is 0 Å². The van der Waals surface area contributed by atoms with Crippen LogP contribution in [0.1, 0.15) is 36.7 Å². The first-order chi connectivity index (χ1) is 14.7. The lowest BCUT2D eigenvalue weighted by Crippen LogP contribution is -2.43. The van der Waals surface area contributed by atoms with E-state index in [1.807, 2.05) is 19.9 Å². The molecule has 166 valence electrons. The molecule has 0 radical (unpaired) electrons. The number of nitrogens with zero attached hydrogens (tertiary/aromatic N) is 1. The molecule has 2 aromatic carbocycles. The number of hydrazone groups is 1. The number of benzene rings is 2. The monoisotopic (exact) mass is 539 g/mol. The summed E-state index contributed by atoms with van der Waals surface area (Å²) in [7, 11) is 3.11. The van der Waals surface area contributed by atoms with Crippen molar-refractivity contribution in [1.29, 1.82) is 0 Å². The van der Waals surface area contributed by atoms with Crippen LogP contribution in [-0.2, 0) is 4.79 Å². The number of ether oxygens (including phenoxy) is 3. The largest absolute Gasteiger partial charge is 0.497 e. The van der Waals surface area contributed by atoms with E-state index in [0.29, 0.717) is 22.8 Å².